The Labute approximate surface area is 125 Å². The van der Waals surface area contributed by atoms with Gasteiger partial charge in [0.15, 0.2) is 0 Å². The molecule has 0 aliphatic carbocycles. The van der Waals surface area contributed by atoms with Crippen LogP contribution >= 0.6 is 0 Å². The van der Waals surface area contributed by atoms with E-state index < -0.39 is 10.0 Å². The first-order chi connectivity index (χ1) is 9.54. The normalized spacial score (nSPS) is 12.0. The van der Waals surface area contributed by atoms with E-state index in [0.717, 1.165) is 0 Å². The van der Waals surface area contributed by atoms with Gasteiger partial charge in [0.2, 0.25) is 10.0 Å². The Bertz CT molecular complexity index is 618. The summed E-state index contributed by atoms with van der Waals surface area (Å²) in [7, 11) is -3.96. The molecule has 21 heavy (non-hydrogen) atoms. The number of hydrogen-bond acceptors (Lipinski definition) is 4. The first kappa shape index (κ1) is 17.5. The minimum absolute atomic E-state index is 0.0658. The monoisotopic (exact) mass is 314 g/mol. The van der Waals surface area contributed by atoms with Crippen LogP contribution in [0.15, 0.2) is 23.1 Å². The second-order valence-corrected chi connectivity index (χ2v) is 7.41. The number of nitrogens with one attached hydrogen (secondary N) is 1. The molecule has 0 radical (unpaired) electrons. The van der Waals surface area contributed by atoms with E-state index in [9.17, 15) is 13.2 Å². The molecule has 0 aliphatic rings. The van der Waals surface area contributed by atoms with E-state index in [1.54, 1.807) is 6.92 Å². The molecular weight excluding hydrogens is 292 g/mol. The molecule has 0 atom stereocenters. The van der Waals surface area contributed by atoms with Crippen LogP contribution in [-0.4, -0.2) is 27.5 Å². The lowest BCUT2D eigenvalue weighted by Gasteiger charge is -2.19. The zero-order valence-electron chi connectivity index (χ0n) is 12.8. The molecule has 0 saturated carbocycles. The molecule has 0 unspecified atom stereocenters. The van der Waals surface area contributed by atoms with Crippen LogP contribution in [-0.2, 0) is 10.0 Å². The van der Waals surface area contributed by atoms with Crippen molar-refractivity contribution in [1.82, 2.24) is 5.32 Å². The van der Waals surface area contributed by atoms with Crippen molar-refractivity contribution in [2.24, 2.45) is 10.6 Å². The predicted molar refractivity (Wildman–Crippen MR) is 80.8 cm³/mol. The highest BCUT2D eigenvalue weighted by Gasteiger charge is 2.19. The van der Waals surface area contributed by atoms with Crippen molar-refractivity contribution in [3.8, 4) is 5.75 Å². The van der Waals surface area contributed by atoms with Gasteiger partial charge in [-0.05, 0) is 30.5 Å². The maximum atomic E-state index is 12.1. The number of amides is 1. The summed E-state index contributed by atoms with van der Waals surface area (Å²) in [6, 6.07) is 4.19. The Kier molecular flexibility index (Phi) is 5.36. The maximum absolute atomic E-state index is 12.1. The minimum Gasteiger partial charge on any atom is -0.492 e. The molecule has 0 spiro atoms. The molecule has 0 saturated heterocycles. The Hall–Kier alpha value is -1.60. The summed E-state index contributed by atoms with van der Waals surface area (Å²) in [6.45, 7) is 8.47. The second kappa shape index (κ2) is 6.44. The van der Waals surface area contributed by atoms with Gasteiger partial charge in [0.25, 0.3) is 5.91 Å². The average Bonchev–Trinajstić information content (AvgIpc) is 2.34. The number of benzene rings is 1. The van der Waals surface area contributed by atoms with Crippen LogP contribution in [0.4, 0.5) is 0 Å². The molecule has 0 aromatic heterocycles. The molecule has 0 fully saturated rings. The van der Waals surface area contributed by atoms with Crippen LogP contribution in [0.3, 0.4) is 0 Å². The van der Waals surface area contributed by atoms with Gasteiger partial charge >= 0.3 is 0 Å². The zero-order chi connectivity index (χ0) is 16.3. The van der Waals surface area contributed by atoms with E-state index in [1.165, 1.54) is 18.2 Å². The van der Waals surface area contributed by atoms with Gasteiger partial charge in [-0.25, -0.2) is 13.6 Å². The van der Waals surface area contributed by atoms with E-state index in [4.69, 9.17) is 9.88 Å². The molecule has 7 heteroatoms. The maximum Gasteiger partial charge on any atom is 0.251 e. The molecule has 0 heterocycles. The third-order valence-corrected chi connectivity index (χ3v) is 3.52. The first-order valence-electron chi connectivity index (χ1n) is 6.62. The van der Waals surface area contributed by atoms with E-state index >= 15 is 0 Å². The third kappa shape index (κ3) is 5.35. The van der Waals surface area contributed by atoms with E-state index in [-0.39, 0.29) is 27.5 Å². The molecule has 1 aromatic carbocycles. The third-order valence-electron chi connectivity index (χ3n) is 2.59. The highest BCUT2D eigenvalue weighted by molar-refractivity contribution is 7.89. The van der Waals surface area contributed by atoms with Crippen LogP contribution in [0.5, 0.6) is 5.75 Å². The van der Waals surface area contributed by atoms with Crippen LogP contribution in [0.25, 0.3) is 0 Å². The molecule has 1 aromatic rings. The molecular formula is C14H22N2O4S. The van der Waals surface area contributed by atoms with Crippen molar-refractivity contribution in [2.45, 2.75) is 32.6 Å². The SMILES string of the molecule is CCOc1ccc(C(=O)NCC(C)(C)C)cc1S(N)(=O)=O. The van der Waals surface area contributed by atoms with Gasteiger partial charge in [0.05, 0.1) is 6.61 Å². The Morgan fingerprint density at radius 1 is 1.33 bits per heavy atom. The fourth-order valence-corrected chi connectivity index (χ4v) is 2.29. The van der Waals surface area contributed by atoms with Crippen molar-refractivity contribution >= 4 is 15.9 Å². The Morgan fingerprint density at radius 2 is 1.95 bits per heavy atom. The van der Waals surface area contributed by atoms with Crippen molar-refractivity contribution in [3.63, 3.8) is 0 Å². The summed E-state index contributed by atoms with van der Waals surface area (Å²) in [6.07, 6.45) is 0. The van der Waals surface area contributed by atoms with Gasteiger partial charge in [0, 0.05) is 12.1 Å². The van der Waals surface area contributed by atoms with Crippen LogP contribution in [0.1, 0.15) is 38.1 Å². The molecule has 6 nitrogen and oxygen atoms in total. The highest BCUT2D eigenvalue weighted by Crippen LogP contribution is 2.24. The fourth-order valence-electron chi connectivity index (χ4n) is 1.59. The van der Waals surface area contributed by atoms with Crippen LogP contribution < -0.4 is 15.2 Å². The quantitative estimate of drug-likeness (QED) is 0.860. The summed E-state index contributed by atoms with van der Waals surface area (Å²) >= 11 is 0. The lowest BCUT2D eigenvalue weighted by atomic mass is 9.97. The fraction of sp³-hybridized carbons (Fsp3) is 0.500. The standard InChI is InChI=1S/C14H22N2O4S/c1-5-20-11-7-6-10(8-12(11)21(15,18)19)13(17)16-9-14(2,3)4/h6-8H,5,9H2,1-4H3,(H,16,17)(H2,15,18,19). The first-order valence-corrected chi connectivity index (χ1v) is 8.17. The largest absolute Gasteiger partial charge is 0.492 e. The summed E-state index contributed by atoms with van der Waals surface area (Å²) in [5, 5.41) is 7.91. The zero-order valence-corrected chi connectivity index (χ0v) is 13.6. The van der Waals surface area contributed by atoms with Gasteiger partial charge in [-0.1, -0.05) is 20.8 Å². The number of nitrogens with two attached hydrogens (primary N) is 1. The number of carbonyl (C=O) groups is 1. The Balaban J connectivity index is 3.08. The predicted octanol–water partition coefficient (Wildman–Crippen LogP) is 1.51. The van der Waals surface area contributed by atoms with Gasteiger partial charge in [-0.2, -0.15) is 0 Å². The average molecular weight is 314 g/mol. The number of rotatable bonds is 5. The summed E-state index contributed by atoms with van der Waals surface area (Å²) in [5.74, 6) is -0.203. The summed E-state index contributed by atoms with van der Waals surface area (Å²) in [5.41, 5.74) is 0.163. The number of ether oxygens (including phenoxy) is 1. The highest BCUT2D eigenvalue weighted by atomic mass is 32.2. The molecule has 1 amide bonds. The van der Waals surface area contributed by atoms with E-state index in [0.29, 0.717) is 13.2 Å². The second-order valence-electron chi connectivity index (χ2n) is 5.88. The molecule has 3 N–H and O–H groups in total. The van der Waals surface area contributed by atoms with Crippen molar-refractivity contribution in [3.05, 3.63) is 23.8 Å². The van der Waals surface area contributed by atoms with Gasteiger partial charge in [0.1, 0.15) is 10.6 Å². The topological polar surface area (TPSA) is 98.5 Å². The summed E-state index contributed by atoms with van der Waals surface area (Å²) in [4.78, 5) is 11.9. The minimum atomic E-state index is -3.96. The van der Waals surface area contributed by atoms with Crippen LogP contribution in [0, 0.1) is 5.41 Å². The van der Waals surface area contributed by atoms with Crippen molar-refractivity contribution in [2.75, 3.05) is 13.2 Å². The molecule has 1 rings (SSSR count). The number of hydrogen-bond donors (Lipinski definition) is 2. The number of carbonyl (C=O) groups excluding carboxylic acids is 1. The lowest BCUT2D eigenvalue weighted by Crippen LogP contribution is -2.32. The van der Waals surface area contributed by atoms with Gasteiger partial charge in [-0.15, -0.1) is 0 Å². The lowest BCUT2D eigenvalue weighted by molar-refractivity contribution is 0.0939. The van der Waals surface area contributed by atoms with E-state index in [1.807, 2.05) is 20.8 Å². The van der Waals surface area contributed by atoms with Crippen molar-refractivity contribution < 1.29 is 17.9 Å². The van der Waals surface area contributed by atoms with Crippen molar-refractivity contribution in [1.29, 1.82) is 0 Å². The molecule has 0 aliphatic heterocycles. The van der Waals surface area contributed by atoms with Crippen LogP contribution in [0.2, 0.25) is 0 Å². The summed E-state index contributed by atoms with van der Waals surface area (Å²) < 4.78 is 28.4. The number of sulfonamides is 1. The molecule has 0 bridgehead atoms. The van der Waals surface area contributed by atoms with Gasteiger partial charge < -0.3 is 10.1 Å². The molecule has 118 valence electrons. The van der Waals surface area contributed by atoms with Gasteiger partial charge in [-0.3, -0.25) is 4.79 Å². The number of primary sulfonamides is 1. The smallest absolute Gasteiger partial charge is 0.251 e. The van der Waals surface area contributed by atoms with E-state index in [2.05, 4.69) is 5.32 Å². The Morgan fingerprint density at radius 3 is 2.43 bits per heavy atom.